The van der Waals surface area contributed by atoms with Gasteiger partial charge in [0.25, 0.3) is 5.91 Å². The maximum absolute atomic E-state index is 13.0. The first-order valence-electron chi connectivity index (χ1n) is 9.95. The topological polar surface area (TPSA) is 84.5 Å². The predicted octanol–water partition coefficient (Wildman–Crippen LogP) is 5.20. The van der Waals surface area contributed by atoms with Crippen LogP contribution in [-0.2, 0) is 19.1 Å². The number of aryl methyl sites for hydroxylation is 1. The SMILES string of the molecule is CC(=O)NC(CC(=O)OC(C(=O)Nc1ccc(C)c(Cl)c1)c1ccccc1)c1cccs1. The molecule has 0 saturated heterocycles. The number of hydrogen-bond acceptors (Lipinski definition) is 5. The van der Waals surface area contributed by atoms with Crippen molar-refractivity contribution in [2.24, 2.45) is 0 Å². The molecule has 0 saturated carbocycles. The van der Waals surface area contributed by atoms with E-state index < -0.39 is 24.0 Å². The van der Waals surface area contributed by atoms with Crippen LogP contribution in [0, 0.1) is 6.92 Å². The first kappa shape index (κ1) is 23.5. The van der Waals surface area contributed by atoms with E-state index in [1.165, 1.54) is 18.3 Å². The number of halogens is 1. The fourth-order valence-corrected chi connectivity index (χ4v) is 4.04. The summed E-state index contributed by atoms with van der Waals surface area (Å²) in [6, 6.07) is 17.1. The zero-order valence-corrected chi connectivity index (χ0v) is 19.2. The Balaban J connectivity index is 1.78. The number of nitrogens with one attached hydrogen (secondary N) is 2. The molecule has 0 aliphatic carbocycles. The van der Waals surface area contributed by atoms with E-state index in [1.54, 1.807) is 42.5 Å². The molecule has 3 rings (SSSR count). The van der Waals surface area contributed by atoms with Gasteiger partial charge in [-0.3, -0.25) is 14.4 Å². The Hall–Kier alpha value is -3.16. The molecule has 2 amide bonds. The molecule has 1 aromatic heterocycles. The first-order chi connectivity index (χ1) is 15.3. The van der Waals surface area contributed by atoms with Gasteiger partial charge in [-0.2, -0.15) is 0 Å². The van der Waals surface area contributed by atoms with Gasteiger partial charge in [-0.1, -0.05) is 54.1 Å². The molecule has 6 nitrogen and oxygen atoms in total. The summed E-state index contributed by atoms with van der Waals surface area (Å²) in [6.07, 6.45) is -1.27. The average Bonchev–Trinajstić information content (AvgIpc) is 3.29. The van der Waals surface area contributed by atoms with Crippen molar-refractivity contribution in [1.29, 1.82) is 0 Å². The molecule has 0 spiro atoms. The lowest BCUT2D eigenvalue weighted by Crippen LogP contribution is -2.30. The largest absolute Gasteiger partial charge is 0.447 e. The molecule has 0 fully saturated rings. The zero-order chi connectivity index (χ0) is 23.1. The quantitative estimate of drug-likeness (QED) is 0.443. The highest BCUT2D eigenvalue weighted by Gasteiger charge is 2.27. The molecule has 166 valence electrons. The lowest BCUT2D eigenvalue weighted by molar-refractivity contribution is -0.155. The van der Waals surface area contributed by atoms with Gasteiger partial charge in [0.1, 0.15) is 0 Å². The van der Waals surface area contributed by atoms with Crippen LogP contribution in [0.15, 0.2) is 66.0 Å². The van der Waals surface area contributed by atoms with Gasteiger partial charge in [0.05, 0.1) is 12.5 Å². The third kappa shape index (κ3) is 6.42. The number of esters is 1. The average molecular weight is 471 g/mol. The van der Waals surface area contributed by atoms with E-state index in [1.807, 2.05) is 30.5 Å². The Morgan fingerprint density at radius 2 is 1.81 bits per heavy atom. The van der Waals surface area contributed by atoms with Crippen LogP contribution in [0.1, 0.15) is 41.5 Å². The summed E-state index contributed by atoms with van der Waals surface area (Å²) in [5, 5.41) is 7.90. The third-order valence-corrected chi connectivity index (χ3v) is 6.06. The first-order valence-corrected chi connectivity index (χ1v) is 11.2. The minimum absolute atomic E-state index is 0.104. The van der Waals surface area contributed by atoms with E-state index in [0.717, 1.165) is 10.4 Å². The van der Waals surface area contributed by atoms with Crippen molar-refractivity contribution in [1.82, 2.24) is 5.32 Å². The molecule has 2 atom stereocenters. The lowest BCUT2D eigenvalue weighted by Gasteiger charge is -2.21. The Morgan fingerprint density at radius 3 is 2.44 bits per heavy atom. The van der Waals surface area contributed by atoms with Crippen molar-refractivity contribution >= 4 is 46.4 Å². The maximum atomic E-state index is 13.0. The number of amides is 2. The molecule has 1 heterocycles. The van der Waals surface area contributed by atoms with Crippen LogP contribution in [0.2, 0.25) is 5.02 Å². The Labute approximate surface area is 195 Å². The number of carbonyl (C=O) groups is 3. The van der Waals surface area contributed by atoms with Crippen molar-refractivity contribution in [3.05, 3.63) is 87.1 Å². The van der Waals surface area contributed by atoms with E-state index in [4.69, 9.17) is 16.3 Å². The van der Waals surface area contributed by atoms with E-state index in [9.17, 15) is 14.4 Å². The zero-order valence-electron chi connectivity index (χ0n) is 17.6. The fraction of sp³-hybridized carbons (Fsp3) is 0.208. The minimum atomic E-state index is -1.16. The van der Waals surface area contributed by atoms with E-state index >= 15 is 0 Å². The van der Waals surface area contributed by atoms with Crippen LogP contribution in [-0.4, -0.2) is 17.8 Å². The highest BCUT2D eigenvalue weighted by molar-refractivity contribution is 7.10. The minimum Gasteiger partial charge on any atom is -0.447 e. The number of hydrogen-bond donors (Lipinski definition) is 2. The molecule has 0 aliphatic rings. The lowest BCUT2D eigenvalue weighted by atomic mass is 10.1. The molecule has 2 aromatic carbocycles. The molecule has 0 aliphatic heterocycles. The van der Waals surface area contributed by atoms with E-state index in [2.05, 4.69) is 10.6 Å². The van der Waals surface area contributed by atoms with Gasteiger partial charge in [-0.05, 0) is 36.1 Å². The molecule has 32 heavy (non-hydrogen) atoms. The number of anilines is 1. The number of ether oxygens (including phenoxy) is 1. The van der Waals surface area contributed by atoms with Crippen LogP contribution in [0.25, 0.3) is 0 Å². The maximum Gasteiger partial charge on any atom is 0.309 e. The Kier molecular flexibility index (Phi) is 8.03. The summed E-state index contributed by atoms with van der Waals surface area (Å²) in [5.41, 5.74) is 1.91. The van der Waals surface area contributed by atoms with Gasteiger partial charge in [-0.15, -0.1) is 11.3 Å². The van der Waals surface area contributed by atoms with Gasteiger partial charge >= 0.3 is 5.97 Å². The van der Waals surface area contributed by atoms with Crippen molar-refractivity contribution in [2.75, 3.05) is 5.32 Å². The van der Waals surface area contributed by atoms with E-state index in [-0.39, 0.29) is 12.3 Å². The number of benzene rings is 2. The smallest absolute Gasteiger partial charge is 0.309 e. The molecular formula is C24H23ClN2O4S. The number of thiophene rings is 1. The molecule has 0 bridgehead atoms. The summed E-state index contributed by atoms with van der Waals surface area (Å²) in [5.74, 6) is -1.37. The van der Waals surface area contributed by atoms with Crippen molar-refractivity contribution in [3.63, 3.8) is 0 Å². The Morgan fingerprint density at radius 1 is 1.06 bits per heavy atom. The van der Waals surface area contributed by atoms with Crippen LogP contribution < -0.4 is 10.6 Å². The van der Waals surface area contributed by atoms with Crippen molar-refractivity contribution in [3.8, 4) is 0 Å². The summed E-state index contributed by atoms with van der Waals surface area (Å²) in [4.78, 5) is 38.3. The van der Waals surface area contributed by atoms with Crippen molar-refractivity contribution in [2.45, 2.75) is 32.4 Å². The van der Waals surface area contributed by atoms with Crippen molar-refractivity contribution < 1.29 is 19.1 Å². The second kappa shape index (κ2) is 10.9. The second-order valence-corrected chi connectivity index (χ2v) is 8.59. The van der Waals surface area contributed by atoms with Crippen LogP contribution >= 0.6 is 22.9 Å². The Bertz CT molecular complexity index is 1090. The molecule has 8 heteroatoms. The standard InChI is InChI=1S/C24H23ClN2O4S/c1-15-10-11-18(13-19(15)25)27-24(30)23(17-7-4-3-5-8-17)31-22(29)14-20(26-16(2)28)21-9-6-12-32-21/h3-13,20,23H,14H2,1-2H3,(H,26,28)(H,27,30). The van der Waals surface area contributed by atoms with Gasteiger partial charge in [0, 0.05) is 28.1 Å². The summed E-state index contributed by atoms with van der Waals surface area (Å²) in [7, 11) is 0. The highest BCUT2D eigenvalue weighted by atomic mass is 35.5. The monoisotopic (exact) mass is 470 g/mol. The van der Waals surface area contributed by atoms with Crippen LogP contribution in [0.4, 0.5) is 5.69 Å². The van der Waals surface area contributed by atoms with E-state index in [0.29, 0.717) is 16.3 Å². The predicted molar refractivity (Wildman–Crippen MR) is 126 cm³/mol. The number of carbonyl (C=O) groups excluding carboxylic acids is 3. The summed E-state index contributed by atoms with van der Waals surface area (Å²) < 4.78 is 5.60. The molecule has 3 aromatic rings. The summed E-state index contributed by atoms with van der Waals surface area (Å²) >= 11 is 7.58. The molecule has 2 unspecified atom stereocenters. The number of rotatable bonds is 8. The van der Waals surface area contributed by atoms with Gasteiger partial charge < -0.3 is 15.4 Å². The normalized spacial score (nSPS) is 12.5. The molecular weight excluding hydrogens is 448 g/mol. The fourth-order valence-electron chi connectivity index (χ4n) is 3.08. The third-order valence-electron chi connectivity index (χ3n) is 4.66. The second-order valence-electron chi connectivity index (χ2n) is 7.21. The van der Waals surface area contributed by atoms with Crippen LogP contribution in [0.3, 0.4) is 0 Å². The molecule has 0 radical (unpaired) electrons. The van der Waals surface area contributed by atoms with Gasteiger partial charge in [-0.25, -0.2) is 0 Å². The molecule has 2 N–H and O–H groups in total. The highest BCUT2D eigenvalue weighted by Crippen LogP contribution is 2.26. The van der Waals surface area contributed by atoms with Crippen LogP contribution in [0.5, 0.6) is 0 Å². The summed E-state index contributed by atoms with van der Waals surface area (Å²) in [6.45, 7) is 3.25. The van der Waals surface area contributed by atoms with Gasteiger partial charge in [0.15, 0.2) is 0 Å². The van der Waals surface area contributed by atoms with Gasteiger partial charge in [0.2, 0.25) is 12.0 Å².